The molecule has 0 aromatic heterocycles. The quantitative estimate of drug-likeness (QED) is 0.335. The fourth-order valence-electron chi connectivity index (χ4n) is 1.30. The van der Waals surface area contributed by atoms with Gasteiger partial charge in [-0.3, -0.25) is 0 Å². The van der Waals surface area contributed by atoms with Crippen molar-refractivity contribution >= 4 is 0 Å². The summed E-state index contributed by atoms with van der Waals surface area (Å²) in [6, 6.07) is 0. The zero-order chi connectivity index (χ0) is 14.6. The summed E-state index contributed by atoms with van der Waals surface area (Å²) in [5, 5.41) is 9.40. The van der Waals surface area contributed by atoms with Gasteiger partial charge in [-0.05, 0) is 25.3 Å². The standard InChI is InChI=1S/C16H26O3/c1-5-7-8-12-19-16(4,14-17)10-9-15(3)13-18-11-6-2/h5-6,9-10,17H,1-3,7-8,11-14H2,4H3/t16-/m1/s1. The van der Waals surface area contributed by atoms with Crippen LogP contribution < -0.4 is 0 Å². The van der Waals surface area contributed by atoms with E-state index in [0.29, 0.717) is 19.8 Å². The summed E-state index contributed by atoms with van der Waals surface area (Å²) in [6.45, 7) is 14.4. The zero-order valence-electron chi connectivity index (χ0n) is 11.9. The van der Waals surface area contributed by atoms with Crippen molar-refractivity contribution < 1.29 is 14.6 Å². The molecule has 0 aliphatic heterocycles. The zero-order valence-corrected chi connectivity index (χ0v) is 11.9. The van der Waals surface area contributed by atoms with Gasteiger partial charge in [0.05, 0.1) is 19.8 Å². The predicted molar refractivity (Wildman–Crippen MR) is 80.2 cm³/mol. The van der Waals surface area contributed by atoms with E-state index in [1.54, 1.807) is 6.08 Å². The van der Waals surface area contributed by atoms with Gasteiger partial charge in [0, 0.05) is 6.61 Å². The first-order valence-electron chi connectivity index (χ1n) is 6.49. The van der Waals surface area contributed by atoms with Crippen molar-refractivity contribution in [3.05, 3.63) is 49.6 Å². The minimum atomic E-state index is -0.678. The predicted octanol–water partition coefficient (Wildman–Crippen LogP) is 3.04. The van der Waals surface area contributed by atoms with Crippen LogP contribution in [0.3, 0.4) is 0 Å². The van der Waals surface area contributed by atoms with Gasteiger partial charge < -0.3 is 14.6 Å². The fourth-order valence-corrected chi connectivity index (χ4v) is 1.30. The second kappa shape index (κ2) is 10.7. The van der Waals surface area contributed by atoms with Gasteiger partial charge in [-0.15, -0.1) is 13.2 Å². The van der Waals surface area contributed by atoms with Gasteiger partial charge in [-0.1, -0.05) is 30.9 Å². The SMILES string of the molecule is C=CCCCO[C@](C)(C=CC(=C)COCC=C)CO. The van der Waals surface area contributed by atoms with Crippen LogP contribution in [0, 0.1) is 0 Å². The maximum atomic E-state index is 9.40. The monoisotopic (exact) mass is 266 g/mol. The molecular formula is C16H26O3. The van der Waals surface area contributed by atoms with Gasteiger partial charge in [0.15, 0.2) is 0 Å². The van der Waals surface area contributed by atoms with E-state index in [0.717, 1.165) is 18.4 Å². The molecule has 0 radical (unpaired) electrons. The van der Waals surface area contributed by atoms with Gasteiger partial charge in [-0.2, -0.15) is 0 Å². The third kappa shape index (κ3) is 9.42. The molecule has 19 heavy (non-hydrogen) atoms. The molecule has 0 amide bonds. The van der Waals surface area contributed by atoms with Crippen molar-refractivity contribution in [3.63, 3.8) is 0 Å². The lowest BCUT2D eigenvalue weighted by molar-refractivity contribution is -0.0329. The molecule has 3 nitrogen and oxygen atoms in total. The van der Waals surface area contributed by atoms with E-state index < -0.39 is 5.60 Å². The third-order valence-electron chi connectivity index (χ3n) is 2.49. The number of hydrogen-bond acceptors (Lipinski definition) is 3. The Hall–Kier alpha value is -1.16. The van der Waals surface area contributed by atoms with Gasteiger partial charge in [0.1, 0.15) is 5.60 Å². The Morgan fingerprint density at radius 3 is 2.63 bits per heavy atom. The number of aliphatic hydroxyl groups excluding tert-OH is 1. The molecular weight excluding hydrogens is 240 g/mol. The summed E-state index contributed by atoms with van der Waals surface area (Å²) < 4.78 is 10.9. The van der Waals surface area contributed by atoms with E-state index in [1.807, 2.05) is 25.2 Å². The average molecular weight is 266 g/mol. The molecule has 3 heteroatoms. The molecule has 0 spiro atoms. The maximum Gasteiger partial charge on any atom is 0.107 e. The second-order valence-electron chi connectivity index (χ2n) is 4.55. The van der Waals surface area contributed by atoms with Crippen molar-refractivity contribution in [1.82, 2.24) is 0 Å². The Bertz CT molecular complexity index is 307. The summed E-state index contributed by atoms with van der Waals surface area (Å²) in [7, 11) is 0. The van der Waals surface area contributed by atoms with Crippen molar-refractivity contribution in [2.45, 2.75) is 25.4 Å². The highest BCUT2D eigenvalue weighted by Gasteiger charge is 2.19. The molecule has 0 saturated carbocycles. The molecule has 0 aliphatic rings. The molecule has 0 heterocycles. The highest BCUT2D eigenvalue weighted by molar-refractivity contribution is 5.18. The van der Waals surface area contributed by atoms with Gasteiger partial charge in [0.2, 0.25) is 0 Å². The number of aliphatic hydroxyl groups is 1. The largest absolute Gasteiger partial charge is 0.393 e. The normalized spacial score (nSPS) is 14.2. The van der Waals surface area contributed by atoms with Gasteiger partial charge >= 0.3 is 0 Å². The van der Waals surface area contributed by atoms with Crippen LogP contribution in [0.1, 0.15) is 19.8 Å². The molecule has 0 saturated heterocycles. The summed E-state index contributed by atoms with van der Waals surface area (Å²) in [4.78, 5) is 0. The molecule has 108 valence electrons. The van der Waals surface area contributed by atoms with Crippen LogP contribution in [0.4, 0.5) is 0 Å². The number of ether oxygens (including phenoxy) is 2. The first-order chi connectivity index (χ1) is 9.08. The first-order valence-corrected chi connectivity index (χ1v) is 6.49. The Morgan fingerprint density at radius 1 is 1.32 bits per heavy atom. The molecule has 0 bridgehead atoms. The van der Waals surface area contributed by atoms with Crippen LogP contribution in [0.25, 0.3) is 0 Å². The summed E-state index contributed by atoms with van der Waals surface area (Å²) >= 11 is 0. The molecule has 0 aliphatic carbocycles. The number of rotatable bonds is 12. The van der Waals surface area contributed by atoms with E-state index in [2.05, 4.69) is 19.7 Å². The third-order valence-corrected chi connectivity index (χ3v) is 2.49. The Balaban J connectivity index is 4.14. The first kappa shape index (κ1) is 17.8. The van der Waals surface area contributed by atoms with Crippen LogP contribution in [-0.4, -0.2) is 37.1 Å². The molecule has 0 fully saturated rings. The smallest absolute Gasteiger partial charge is 0.107 e. The molecule has 0 unspecified atom stereocenters. The van der Waals surface area contributed by atoms with E-state index in [-0.39, 0.29) is 6.61 Å². The van der Waals surface area contributed by atoms with Crippen LogP contribution >= 0.6 is 0 Å². The summed E-state index contributed by atoms with van der Waals surface area (Å²) in [6.07, 6.45) is 9.00. The molecule has 0 rings (SSSR count). The number of unbranched alkanes of at least 4 members (excludes halogenated alkanes) is 1. The van der Waals surface area contributed by atoms with Crippen LogP contribution in [0.15, 0.2) is 49.6 Å². The van der Waals surface area contributed by atoms with Crippen LogP contribution in [0.2, 0.25) is 0 Å². The number of hydrogen-bond donors (Lipinski definition) is 1. The molecule has 0 aromatic carbocycles. The Kier molecular flexibility index (Phi) is 10.1. The highest BCUT2D eigenvalue weighted by Crippen LogP contribution is 2.14. The number of allylic oxidation sites excluding steroid dienone is 1. The summed E-state index contributed by atoms with van der Waals surface area (Å²) in [5.41, 5.74) is 0.152. The fraction of sp³-hybridized carbons (Fsp3) is 0.500. The van der Waals surface area contributed by atoms with E-state index in [4.69, 9.17) is 9.47 Å². The lowest BCUT2D eigenvalue weighted by Gasteiger charge is -2.24. The Morgan fingerprint density at radius 2 is 2.05 bits per heavy atom. The van der Waals surface area contributed by atoms with Gasteiger partial charge in [-0.25, -0.2) is 0 Å². The average Bonchev–Trinajstić information content (AvgIpc) is 2.42. The highest BCUT2D eigenvalue weighted by atomic mass is 16.5. The minimum Gasteiger partial charge on any atom is -0.393 e. The minimum absolute atomic E-state index is 0.0710. The maximum absolute atomic E-state index is 9.40. The van der Waals surface area contributed by atoms with Crippen LogP contribution in [-0.2, 0) is 9.47 Å². The topological polar surface area (TPSA) is 38.7 Å². The van der Waals surface area contributed by atoms with Crippen molar-refractivity contribution in [3.8, 4) is 0 Å². The van der Waals surface area contributed by atoms with Crippen molar-refractivity contribution in [2.24, 2.45) is 0 Å². The van der Waals surface area contributed by atoms with E-state index >= 15 is 0 Å². The van der Waals surface area contributed by atoms with Crippen molar-refractivity contribution in [2.75, 3.05) is 26.4 Å². The lowest BCUT2D eigenvalue weighted by Crippen LogP contribution is -2.31. The second-order valence-corrected chi connectivity index (χ2v) is 4.55. The van der Waals surface area contributed by atoms with E-state index in [1.165, 1.54) is 0 Å². The Labute approximate surface area is 116 Å². The van der Waals surface area contributed by atoms with Crippen molar-refractivity contribution in [1.29, 1.82) is 0 Å². The summed E-state index contributed by atoms with van der Waals surface area (Å²) in [5.74, 6) is 0. The van der Waals surface area contributed by atoms with Crippen LogP contribution in [0.5, 0.6) is 0 Å². The molecule has 1 atom stereocenters. The lowest BCUT2D eigenvalue weighted by atomic mass is 10.1. The van der Waals surface area contributed by atoms with Gasteiger partial charge in [0.25, 0.3) is 0 Å². The molecule has 0 aromatic rings. The van der Waals surface area contributed by atoms with E-state index in [9.17, 15) is 5.11 Å². The molecule has 1 N–H and O–H groups in total.